The molecule has 3 rings (SSSR count). The van der Waals surface area contributed by atoms with Crippen LogP contribution in [0.15, 0.2) is 30.4 Å². The molecule has 6 atom stereocenters. The number of fused-ring (bicyclic) bond motifs is 3. The van der Waals surface area contributed by atoms with Crippen molar-refractivity contribution >= 4 is 14.3 Å². The van der Waals surface area contributed by atoms with Gasteiger partial charge in [-0.25, -0.2) is 0 Å². The van der Waals surface area contributed by atoms with Gasteiger partial charge in [0.25, 0.3) is 0 Å². The van der Waals surface area contributed by atoms with Crippen LogP contribution in [-0.4, -0.2) is 44.8 Å². The molecular formula is C31H46O5Si. The lowest BCUT2D eigenvalue weighted by Crippen LogP contribution is -2.45. The van der Waals surface area contributed by atoms with Gasteiger partial charge in [0.1, 0.15) is 11.9 Å². The maximum atomic E-state index is 11.6. The van der Waals surface area contributed by atoms with E-state index in [1.54, 1.807) is 0 Å². The molecule has 0 bridgehead atoms. The largest absolute Gasteiger partial charge is 0.489 e. The monoisotopic (exact) mass is 526 g/mol. The summed E-state index contributed by atoms with van der Waals surface area (Å²) in [6.07, 6.45) is 7.07. The molecule has 5 nitrogen and oxygen atoms in total. The number of rotatable bonds is 10. The fraction of sp³-hybridized carbons (Fsp3) is 0.645. The van der Waals surface area contributed by atoms with Crippen molar-refractivity contribution in [3.63, 3.8) is 0 Å². The molecule has 1 heterocycles. The zero-order valence-electron chi connectivity index (χ0n) is 24.0. The van der Waals surface area contributed by atoms with Crippen LogP contribution in [0.5, 0.6) is 5.75 Å². The number of benzene rings is 1. The third kappa shape index (κ3) is 6.87. The van der Waals surface area contributed by atoms with Crippen LogP contribution in [0.1, 0.15) is 77.3 Å². The first-order chi connectivity index (χ1) is 17.4. The van der Waals surface area contributed by atoms with Gasteiger partial charge < -0.3 is 19.0 Å². The lowest BCUT2D eigenvalue weighted by Gasteiger charge is -2.40. The summed E-state index contributed by atoms with van der Waals surface area (Å²) in [5.41, 5.74) is 2.36. The molecule has 1 aromatic carbocycles. The number of hydrogen-bond donors (Lipinski definition) is 1. The minimum absolute atomic E-state index is 0.0428. The normalized spacial score (nSPS) is 24.6. The van der Waals surface area contributed by atoms with Gasteiger partial charge >= 0.3 is 5.97 Å². The second-order valence-electron chi connectivity index (χ2n) is 12.2. The number of aliphatic hydroxyl groups excluding tert-OH is 1. The minimum atomic E-state index is -2.00. The standard InChI is InChI=1S/C31H46O5Si/c1-9-10-13-21(2)25(32)19-18-23-26(36-37(7,8)31(3,4)5)20-27-29(23)24-16-11-14-22(30(24)35-27)15-12-17-28(33)34-6/h11,14,16,18-19,21,23,25-27,29,32H,12-13,15,17,20H2,1-8H3/b19-18+/t21-,23-,25+,26?,27-,29-/m0/s1. The number of esters is 1. The van der Waals surface area contributed by atoms with Gasteiger partial charge in [0.15, 0.2) is 8.32 Å². The molecule has 6 heteroatoms. The van der Waals surface area contributed by atoms with Gasteiger partial charge in [0, 0.05) is 36.7 Å². The summed E-state index contributed by atoms with van der Waals surface area (Å²) < 4.78 is 18.4. The van der Waals surface area contributed by atoms with E-state index in [9.17, 15) is 9.90 Å². The molecule has 1 aliphatic carbocycles. The number of carbonyl (C=O) groups excluding carboxylic acids is 1. The lowest BCUT2D eigenvalue weighted by atomic mass is 9.86. The van der Waals surface area contributed by atoms with Gasteiger partial charge in [-0.05, 0) is 49.4 Å². The van der Waals surface area contributed by atoms with E-state index in [4.69, 9.17) is 13.9 Å². The Kier molecular flexibility index (Phi) is 9.71. The molecule has 0 amide bonds. The van der Waals surface area contributed by atoms with Crippen molar-refractivity contribution in [1.29, 1.82) is 0 Å². The molecular weight excluding hydrogens is 480 g/mol. The Morgan fingerprint density at radius 2 is 2.05 bits per heavy atom. The summed E-state index contributed by atoms with van der Waals surface area (Å²) in [6, 6.07) is 6.38. The Bertz CT molecular complexity index is 1030. The second-order valence-corrected chi connectivity index (χ2v) is 16.9. The fourth-order valence-corrected chi connectivity index (χ4v) is 6.53. The third-order valence-corrected chi connectivity index (χ3v) is 13.0. The van der Waals surface area contributed by atoms with Crippen LogP contribution in [-0.2, 0) is 20.4 Å². The van der Waals surface area contributed by atoms with Gasteiger partial charge in [0.2, 0.25) is 0 Å². The molecule has 1 N–H and O–H groups in total. The topological polar surface area (TPSA) is 65.0 Å². The lowest BCUT2D eigenvalue weighted by molar-refractivity contribution is -0.140. The van der Waals surface area contributed by atoms with Crippen LogP contribution >= 0.6 is 0 Å². The predicted molar refractivity (Wildman–Crippen MR) is 151 cm³/mol. The van der Waals surface area contributed by atoms with Crippen LogP contribution in [0.25, 0.3) is 0 Å². The molecule has 1 saturated carbocycles. The zero-order chi connectivity index (χ0) is 27.4. The van der Waals surface area contributed by atoms with Crippen molar-refractivity contribution in [2.24, 2.45) is 11.8 Å². The Morgan fingerprint density at radius 1 is 1.32 bits per heavy atom. The summed E-state index contributed by atoms with van der Waals surface area (Å²) >= 11 is 0. The number of carbonyl (C=O) groups is 1. The van der Waals surface area contributed by atoms with Crippen LogP contribution < -0.4 is 4.74 Å². The maximum absolute atomic E-state index is 11.6. The summed E-state index contributed by atoms with van der Waals surface area (Å²) in [4.78, 5) is 11.6. The summed E-state index contributed by atoms with van der Waals surface area (Å²) in [5, 5.41) is 10.9. The van der Waals surface area contributed by atoms with Crippen LogP contribution in [0.3, 0.4) is 0 Å². The molecule has 0 saturated heterocycles. The number of methoxy groups -OCH3 is 1. The van der Waals surface area contributed by atoms with Crippen molar-refractivity contribution in [3.05, 3.63) is 41.5 Å². The van der Waals surface area contributed by atoms with Crippen molar-refractivity contribution in [2.45, 2.75) is 109 Å². The summed E-state index contributed by atoms with van der Waals surface area (Å²) in [6.45, 7) is 15.3. The van der Waals surface area contributed by atoms with Crippen LogP contribution in [0, 0.1) is 23.7 Å². The SMILES string of the molecule is CC#CC[C@H](C)[C@H](O)/C=C/[C@H]1C(O[Si](C)(C)C(C)(C)C)C[C@@H]2Oc3c(CCCC(=O)OC)cccc3[C@@H]21. The molecule has 0 aromatic heterocycles. The average molecular weight is 527 g/mol. The first-order valence-electron chi connectivity index (χ1n) is 13.7. The highest BCUT2D eigenvalue weighted by molar-refractivity contribution is 6.74. The molecule has 2 aliphatic rings. The molecule has 204 valence electrons. The van der Waals surface area contributed by atoms with Gasteiger partial charge in [-0.1, -0.05) is 58.0 Å². The quantitative estimate of drug-likeness (QED) is 0.165. The van der Waals surface area contributed by atoms with Crippen molar-refractivity contribution < 1.29 is 23.8 Å². The first-order valence-corrected chi connectivity index (χ1v) is 16.6. The average Bonchev–Trinajstić information content (AvgIpc) is 3.35. The number of para-hydroxylation sites is 1. The molecule has 1 aliphatic heterocycles. The zero-order valence-corrected chi connectivity index (χ0v) is 25.0. The first kappa shape index (κ1) is 29.5. The van der Waals surface area contributed by atoms with E-state index in [-0.39, 0.29) is 41.0 Å². The predicted octanol–water partition coefficient (Wildman–Crippen LogP) is 6.40. The summed E-state index contributed by atoms with van der Waals surface area (Å²) in [7, 11) is -0.576. The van der Waals surface area contributed by atoms with Gasteiger partial charge in [0.05, 0.1) is 19.3 Å². The van der Waals surface area contributed by atoms with Gasteiger partial charge in [-0.3, -0.25) is 4.79 Å². The Hall–Kier alpha value is -2.07. The van der Waals surface area contributed by atoms with E-state index in [2.05, 4.69) is 70.0 Å². The molecule has 1 aromatic rings. The van der Waals surface area contributed by atoms with Crippen LogP contribution in [0.4, 0.5) is 0 Å². The van der Waals surface area contributed by atoms with Gasteiger partial charge in [-0.2, -0.15) is 0 Å². The van der Waals surface area contributed by atoms with E-state index in [1.807, 2.05) is 19.9 Å². The highest BCUT2D eigenvalue weighted by atomic mass is 28.4. The highest BCUT2D eigenvalue weighted by Gasteiger charge is 2.52. The number of aryl methyl sites for hydroxylation is 1. The van der Waals surface area contributed by atoms with E-state index in [0.29, 0.717) is 12.8 Å². The number of ether oxygens (including phenoxy) is 2. The highest BCUT2D eigenvalue weighted by Crippen LogP contribution is 2.54. The Morgan fingerprint density at radius 3 is 2.70 bits per heavy atom. The van der Waals surface area contributed by atoms with E-state index >= 15 is 0 Å². The second kappa shape index (κ2) is 12.2. The Balaban J connectivity index is 1.88. The molecule has 0 spiro atoms. The van der Waals surface area contributed by atoms with Crippen molar-refractivity contribution in [2.75, 3.05) is 7.11 Å². The smallest absolute Gasteiger partial charge is 0.305 e. The molecule has 1 unspecified atom stereocenters. The number of hydrogen-bond acceptors (Lipinski definition) is 5. The minimum Gasteiger partial charge on any atom is -0.489 e. The molecule has 1 fully saturated rings. The maximum Gasteiger partial charge on any atom is 0.305 e. The number of aliphatic hydroxyl groups is 1. The fourth-order valence-electron chi connectivity index (χ4n) is 5.17. The van der Waals surface area contributed by atoms with E-state index in [1.165, 1.54) is 12.7 Å². The van der Waals surface area contributed by atoms with Crippen molar-refractivity contribution in [1.82, 2.24) is 0 Å². The molecule has 37 heavy (non-hydrogen) atoms. The van der Waals surface area contributed by atoms with E-state index < -0.39 is 14.4 Å². The van der Waals surface area contributed by atoms with Gasteiger partial charge in [-0.15, -0.1) is 11.8 Å². The van der Waals surface area contributed by atoms with E-state index in [0.717, 1.165) is 30.6 Å². The molecule has 0 radical (unpaired) electrons. The van der Waals surface area contributed by atoms with Crippen molar-refractivity contribution in [3.8, 4) is 17.6 Å². The third-order valence-electron chi connectivity index (χ3n) is 8.49. The summed E-state index contributed by atoms with van der Waals surface area (Å²) in [5.74, 6) is 7.16. The Labute approximate surface area is 225 Å². The van der Waals surface area contributed by atoms with Crippen LogP contribution in [0.2, 0.25) is 18.1 Å².